The second-order valence-electron chi connectivity index (χ2n) is 4.19. The minimum Gasteiger partial charge on any atom is -0.406 e. The Balaban J connectivity index is 2.80. The lowest BCUT2D eigenvalue weighted by Gasteiger charge is -2.17. The monoisotopic (exact) mass is 327 g/mol. The Bertz CT molecular complexity index is 543. The van der Waals surface area contributed by atoms with E-state index in [0.29, 0.717) is 13.0 Å². The van der Waals surface area contributed by atoms with Crippen LogP contribution in [0.5, 0.6) is 5.75 Å². The average molecular weight is 327 g/mol. The number of ether oxygens (including phenoxy) is 2. The van der Waals surface area contributed by atoms with Crippen molar-refractivity contribution in [1.29, 1.82) is 0 Å². The summed E-state index contributed by atoms with van der Waals surface area (Å²) in [7, 11) is -0.837. The smallest absolute Gasteiger partial charge is 0.406 e. The van der Waals surface area contributed by atoms with Crippen molar-refractivity contribution < 1.29 is 31.1 Å². The number of halogens is 3. The first kappa shape index (κ1) is 17.7. The molecule has 0 N–H and O–H groups in total. The van der Waals surface area contributed by atoms with Crippen LogP contribution in [0.15, 0.2) is 29.2 Å². The van der Waals surface area contributed by atoms with Crippen molar-refractivity contribution in [2.75, 3.05) is 27.3 Å². The fourth-order valence-electron chi connectivity index (χ4n) is 1.54. The number of alkyl halides is 3. The van der Waals surface area contributed by atoms with Gasteiger partial charge in [-0.2, -0.15) is 0 Å². The Morgan fingerprint density at radius 2 is 1.76 bits per heavy atom. The molecule has 9 heteroatoms. The summed E-state index contributed by atoms with van der Waals surface area (Å²) in [5, 5.41) is 0. The van der Waals surface area contributed by atoms with E-state index < -0.39 is 22.1 Å². The molecular formula is C12H16F3NO4S. The van der Waals surface area contributed by atoms with Crippen LogP contribution in [0.25, 0.3) is 0 Å². The Morgan fingerprint density at radius 1 is 1.19 bits per heavy atom. The lowest BCUT2D eigenvalue weighted by Crippen LogP contribution is -2.28. The van der Waals surface area contributed by atoms with Crippen molar-refractivity contribution in [3.05, 3.63) is 24.3 Å². The number of rotatable bonds is 7. The van der Waals surface area contributed by atoms with Crippen LogP contribution < -0.4 is 4.74 Å². The van der Waals surface area contributed by atoms with Crippen LogP contribution in [0.4, 0.5) is 13.2 Å². The van der Waals surface area contributed by atoms with Crippen molar-refractivity contribution >= 4 is 10.0 Å². The van der Waals surface area contributed by atoms with E-state index in [1.807, 2.05) is 0 Å². The van der Waals surface area contributed by atoms with Crippen LogP contribution in [0.1, 0.15) is 6.42 Å². The fourth-order valence-corrected chi connectivity index (χ4v) is 2.75. The zero-order chi connectivity index (χ0) is 16.1. The highest BCUT2D eigenvalue weighted by Crippen LogP contribution is 2.24. The van der Waals surface area contributed by atoms with E-state index in [9.17, 15) is 21.6 Å². The van der Waals surface area contributed by atoms with Gasteiger partial charge in [0.15, 0.2) is 0 Å². The van der Waals surface area contributed by atoms with Gasteiger partial charge in [0, 0.05) is 27.3 Å². The highest BCUT2D eigenvalue weighted by molar-refractivity contribution is 7.89. The number of benzene rings is 1. The number of nitrogens with zero attached hydrogens (tertiary/aromatic N) is 1. The Morgan fingerprint density at radius 3 is 2.24 bits per heavy atom. The van der Waals surface area contributed by atoms with Gasteiger partial charge in [0.25, 0.3) is 0 Å². The topological polar surface area (TPSA) is 55.8 Å². The maximum absolute atomic E-state index is 12.1. The van der Waals surface area contributed by atoms with Gasteiger partial charge in [0.2, 0.25) is 10.0 Å². The van der Waals surface area contributed by atoms with Crippen molar-refractivity contribution in [3.8, 4) is 5.75 Å². The summed E-state index contributed by atoms with van der Waals surface area (Å²) in [6.07, 6.45) is -4.29. The summed E-state index contributed by atoms with van der Waals surface area (Å²) < 4.78 is 70.0. The van der Waals surface area contributed by atoms with Gasteiger partial charge >= 0.3 is 6.36 Å². The minimum atomic E-state index is -4.81. The fraction of sp³-hybridized carbons (Fsp3) is 0.500. The van der Waals surface area contributed by atoms with Gasteiger partial charge in [0.1, 0.15) is 5.75 Å². The van der Waals surface area contributed by atoms with Gasteiger partial charge in [-0.05, 0) is 30.7 Å². The van der Waals surface area contributed by atoms with Crippen molar-refractivity contribution in [1.82, 2.24) is 4.31 Å². The maximum atomic E-state index is 12.1. The first-order chi connectivity index (χ1) is 9.66. The zero-order valence-electron chi connectivity index (χ0n) is 11.6. The largest absolute Gasteiger partial charge is 0.573 e. The molecule has 0 aliphatic carbocycles. The molecular weight excluding hydrogens is 311 g/mol. The normalized spacial score (nSPS) is 12.7. The molecule has 21 heavy (non-hydrogen) atoms. The summed E-state index contributed by atoms with van der Waals surface area (Å²) in [6, 6.07) is 4.07. The molecule has 0 amide bonds. The Kier molecular flexibility index (Phi) is 5.99. The average Bonchev–Trinajstić information content (AvgIpc) is 2.37. The zero-order valence-corrected chi connectivity index (χ0v) is 12.4. The van der Waals surface area contributed by atoms with Gasteiger partial charge in [-0.25, -0.2) is 12.7 Å². The number of methoxy groups -OCH3 is 1. The van der Waals surface area contributed by atoms with Crippen LogP contribution in [0, 0.1) is 0 Å². The number of sulfonamides is 1. The molecule has 0 spiro atoms. The first-order valence-electron chi connectivity index (χ1n) is 5.98. The molecule has 0 bridgehead atoms. The third-order valence-electron chi connectivity index (χ3n) is 2.59. The predicted molar refractivity (Wildman–Crippen MR) is 69.4 cm³/mol. The molecule has 0 radical (unpaired) electrons. The van der Waals surface area contributed by atoms with E-state index in [1.54, 1.807) is 0 Å². The molecule has 5 nitrogen and oxygen atoms in total. The quantitative estimate of drug-likeness (QED) is 0.721. The van der Waals surface area contributed by atoms with E-state index in [-0.39, 0.29) is 11.4 Å². The molecule has 120 valence electrons. The van der Waals surface area contributed by atoms with E-state index in [0.717, 1.165) is 28.6 Å². The minimum absolute atomic E-state index is 0.100. The first-order valence-corrected chi connectivity index (χ1v) is 7.42. The van der Waals surface area contributed by atoms with E-state index in [4.69, 9.17) is 4.74 Å². The van der Waals surface area contributed by atoms with Gasteiger partial charge in [0.05, 0.1) is 4.90 Å². The Hall–Kier alpha value is -1.32. The SMILES string of the molecule is COCCCN(C)S(=O)(=O)c1ccc(OC(F)(F)F)cc1. The van der Waals surface area contributed by atoms with E-state index >= 15 is 0 Å². The molecule has 1 aromatic rings. The molecule has 0 aliphatic heterocycles. The maximum Gasteiger partial charge on any atom is 0.573 e. The molecule has 0 saturated heterocycles. The number of hydrogen-bond acceptors (Lipinski definition) is 4. The molecule has 0 aromatic heterocycles. The number of hydrogen-bond donors (Lipinski definition) is 0. The predicted octanol–water partition coefficient (Wildman–Crippen LogP) is 2.24. The van der Waals surface area contributed by atoms with Crippen LogP contribution in [0.2, 0.25) is 0 Å². The molecule has 0 saturated carbocycles. The van der Waals surface area contributed by atoms with E-state index in [2.05, 4.69) is 4.74 Å². The van der Waals surface area contributed by atoms with Crippen LogP contribution in [-0.2, 0) is 14.8 Å². The second-order valence-corrected chi connectivity index (χ2v) is 6.24. The summed E-state index contributed by atoms with van der Waals surface area (Å²) in [5.41, 5.74) is 0. The third-order valence-corrected chi connectivity index (χ3v) is 4.46. The van der Waals surface area contributed by atoms with Crippen LogP contribution in [-0.4, -0.2) is 46.4 Å². The standard InChI is InChI=1S/C12H16F3NO4S/c1-16(8-3-9-19-2)21(17,18)11-6-4-10(5-7-11)20-12(13,14)15/h4-7H,3,8-9H2,1-2H3. The van der Waals surface area contributed by atoms with Crippen LogP contribution in [0.3, 0.4) is 0 Å². The molecule has 0 unspecified atom stereocenters. The van der Waals surface area contributed by atoms with Crippen molar-refractivity contribution in [3.63, 3.8) is 0 Å². The summed E-state index contributed by atoms with van der Waals surface area (Å²) in [6.45, 7) is 0.662. The van der Waals surface area contributed by atoms with Crippen molar-refractivity contribution in [2.45, 2.75) is 17.7 Å². The Labute approximate surface area is 121 Å². The van der Waals surface area contributed by atoms with Crippen LogP contribution >= 0.6 is 0 Å². The molecule has 0 heterocycles. The molecule has 0 atom stereocenters. The lowest BCUT2D eigenvalue weighted by atomic mass is 10.3. The highest BCUT2D eigenvalue weighted by Gasteiger charge is 2.31. The lowest BCUT2D eigenvalue weighted by molar-refractivity contribution is -0.274. The summed E-state index contributed by atoms with van der Waals surface area (Å²) in [5.74, 6) is -0.469. The summed E-state index contributed by atoms with van der Waals surface area (Å²) in [4.78, 5) is -0.100. The summed E-state index contributed by atoms with van der Waals surface area (Å²) >= 11 is 0. The second kappa shape index (κ2) is 7.10. The molecule has 0 aliphatic rings. The molecule has 1 aromatic carbocycles. The molecule has 1 rings (SSSR count). The third kappa shape index (κ3) is 5.52. The van der Waals surface area contributed by atoms with E-state index in [1.165, 1.54) is 14.2 Å². The van der Waals surface area contributed by atoms with Gasteiger partial charge in [-0.15, -0.1) is 13.2 Å². The van der Waals surface area contributed by atoms with Gasteiger partial charge < -0.3 is 9.47 Å². The molecule has 0 fully saturated rings. The van der Waals surface area contributed by atoms with Gasteiger partial charge in [-0.1, -0.05) is 0 Å². The van der Waals surface area contributed by atoms with Gasteiger partial charge in [-0.3, -0.25) is 0 Å². The highest BCUT2D eigenvalue weighted by atomic mass is 32.2. The van der Waals surface area contributed by atoms with Crippen molar-refractivity contribution in [2.24, 2.45) is 0 Å².